The Hall–Kier alpha value is -1.39. The molecule has 0 spiro atoms. The van der Waals surface area contributed by atoms with Crippen molar-refractivity contribution in [3.05, 3.63) is 30.0 Å². The summed E-state index contributed by atoms with van der Waals surface area (Å²) in [5, 5.41) is 9.33. The predicted octanol–water partition coefficient (Wildman–Crippen LogP) is 2.51. The van der Waals surface area contributed by atoms with Crippen LogP contribution < -0.4 is 5.32 Å². The highest BCUT2D eigenvalue weighted by atomic mass is 16.5. The fraction of sp³-hybridized carbons (Fsp3) is 0.533. The first-order valence-electron chi connectivity index (χ1n) is 6.76. The highest BCUT2D eigenvalue weighted by Gasteiger charge is 2.22. The smallest absolute Gasteiger partial charge is 0.0875 e. The minimum Gasteiger partial charge on any atom is -0.385 e. The summed E-state index contributed by atoms with van der Waals surface area (Å²) < 4.78 is 7.14. The Morgan fingerprint density at radius 1 is 1.37 bits per heavy atom. The number of hydrogen-bond donors (Lipinski definition) is 1. The van der Waals surface area contributed by atoms with Crippen LogP contribution in [0.2, 0.25) is 0 Å². The van der Waals surface area contributed by atoms with E-state index in [9.17, 15) is 0 Å². The van der Waals surface area contributed by atoms with E-state index in [1.807, 2.05) is 18.8 Å². The van der Waals surface area contributed by atoms with Gasteiger partial charge in [0.1, 0.15) is 0 Å². The van der Waals surface area contributed by atoms with Gasteiger partial charge in [-0.3, -0.25) is 4.68 Å². The Morgan fingerprint density at radius 2 is 2.11 bits per heavy atom. The molecular formula is C15H23N3O. The molecule has 4 nitrogen and oxygen atoms in total. The number of benzene rings is 1. The Kier molecular flexibility index (Phi) is 4.56. The number of nitrogens with zero attached hydrogens (tertiary/aromatic N) is 2. The van der Waals surface area contributed by atoms with Crippen LogP contribution >= 0.6 is 0 Å². The number of aromatic nitrogens is 2. The van der Waals surface area contributed by atoms with Crippen LogP contribution in [0, 0.1) is 5.92 Å². The van der Waals surface area contributed by atoms with E-state index in [1.54, 1.807) is 7.11 Å². The van der Waals surface area contributed by atoms with Crippen LogP contribution in [0.5, 0.6) is 0 Å². The van der Waals surface area contributed by atoms with E-state index in [2.05, 4.69) is 36.5 Å². The maximum absolute atomic E-state index is 5.18. The van der Waals surface area contributed by atoms with E-state index in [0.29, 0.717) is 5.92 Å². The summed E-state index contributed by atoms with van der Waals surface area (Å²) in [7, 11) is 5.74. The zero-order valence-electron chi connectivity index (χ0n) is 12.2. The topological polar surface area (TPSA) is 39.1 Å². The lowest BCUT2D eigenvalue weighted by Crippen LogP contribution is -2.25. The van der Waals surface area contributed by atoms with E-state index >= 15 is 0 Å². The van der Waals surface area contributed by atoms with Crippen molar-refractivity contribution in [1.29, 1.82) is 0 Å². The minimum atomic E-state index is 0.251. The van der Waals surface area contributed by atoms with Gasteiger partial charge in [0, 0.05) is 26.2 Å². The second-order valence-electron chi connectivity index (χ2n) is 5.05. The normalized spacial score (nSPS) is 14.7. The molecule has 0 aliphatic carbocycles. The Morgan fingerprint density at radius 3 is 2.79 bits per heavy atom. The summed E-state index contributed by atoms with van der Waals surface area (Å²) in [5.74, 6) is 0.475. The molecule has 4 heteroatoms. The van der Waals surface area contributed by atoms with Crippen LogP contribution in [-0.2, 0) is 11.8 Å². The lowest BCUT2D eigenvalue weighted by Gasteiger charge is -2.22. The van der Waals surface area contributed by atoms with Crippen molar-refractivity contribution in [2.45, 2.75) is 19.4 Å². The molecule has 2 unspecified atom stereocenters. The summed E-state index contributed by atoms with van der Waals surface area (Å²) in [5.41, 5.74) is 2.31. The van der Waals surface area contributed by atoms with Gasteiger partial charge in [-0.15, -0.1) is 0 Å². The summed E-state index contributed by atoms with van der Waals surface area (Å²) >= 11 is 0. The molecule has 1 N–H and O–H groups in total. The first-order chi connectivity index (χ1) is 9.19. The van der Waals surface area contributed by atoms with Crippen LogP contribution in [0.4, 0.5) is 0 Å². The number of hydrogen-bond acceptors (Lipinski definition) is 3. The number of para-hydroxylation sites is 1. The van der Waals surface area contributed by atoms with E-state index in [4.69, 9.17) is 9.84 Å². The second kappa shape index (κ2) is 6.17. The van der Waals surface area contributed by atoms with Crippen LogP contribution in [0.25, 0.3) is 10.9 Å². The Labute approximate surface area is 114 Å². The number of ether oxygens (including phenoxy) is 1. The van der Waals surface area contributed by atoms with Gasteiger partial charge < -0.3 is 10.1 Å². The molecule has 0 saturated heterocycles. The van der Waals surface area contributed by atoms with Crippen LogP contribution in [-0.4, -0.2) is 30.5 Å². The van der Waals surface area contributed by atoms with Gasteiger partial charge in [-0.05, 0) is 25.5 Å². The van der Waals surface area contributed by atoms with E-state index < -0.39 is 0 Å². The fourth-order valence-corrected chi connectivity index (χ4v) is 2.63. The predicted molar refractivity (Wildman–Crippen MR) is 78.2 cm³/mol. The third-order valence-electron chi connectivity index (χ3n) is 3.74. The lowest BCUT2D eigenvalue weighted by molar-refractivity contribution is 0.171. The number of rotatable bonds is 6. The highest BCUT2D eigenvalue weighted by molar-refractivity contribution is 5.82. The average molecular weight is 261 g/mol. The number of methoxy groups -OCH3 is 1. The van der Waals surface area contributed by atoms with Crippen LogP contribution in [0.1, 0.15) is 25.1 Å². The highest BCUT2D eigenvalue weighted by Crippen LogP contribution is 2.29. The minimum absolute atomic E-state index is 0.251. The third-order valence-corrected chi connectivity index (χ3v) is 3.74. The number of nitrogens with one attached hydrogen (secondary N) is 1. The van der Waals surface area contributed by atoms with Gasteiger partial charge in [0.05, 0.1) is 17.3 Å². The molecule has 2 atom stereocenters. The monoisotopic (exact) mass is 261 g/mol. The van der Waals surface area contributed by atoms with Gasteiger partial charge in [0.25, 0.3) is 0 Å². The molecule has 19 heavy (non-hydrogen) atoms. The Bertz CT molecular complexity index is 535. The summed E-state index contributed by atoms with van der Waals surface area (Å²) in [6.07, 6.45) is 1.02. The van der Waals surface area contributed by atoms with Crippen molar-refractivity contribution < 1.29 is 4.74 Å². The zero-order valence-corrected chi connectivity index (χ0v) is 12.2. The van der Waals surface area contributed by atoms with Crippen molar-refractivity contribution in [1.82, 2.24) is 15.1 Å². The Balaban J connectivity index is 2.35. The van der Waals surface area contributed by atoms with Gasteiger partial charge in [0.2, 0.25) is 0 Å². The lowest BCUT2D eigenvalue weighted by atomic mass is 9.94. The molecule has 0 bridgehead atoms. The summed E-state index contributed by atoms with van der Waals surface area (Å²) in [6, 6.07) is 8.63. The average Bonchev–Trinajstić information content (AvgIpc) is 2.75. The quantitative estimate of drug-likeness (QED) is 0.868. The number of aryl methyl sites for hydroxylation is 1. The molecule has 0 saturated carbocycles. The molecule has 0 fully saturated rings. The molecule has 1 aromatic carbocycles. The van der Waals surface area contributed by atoms with Crippen molar-refractivity contribution in [2.24, 2.45) is 13.0 Å². The number of fused-ring (bicyclic) bond motifs is 1. The van der Waals surface area contributed by atoms with E-state index in [0.717, 1.165) is 18.7 Å². The molecule has 104 valence electrons. The van der Waals surface area contributed by atoms with Crippen LogP contribution in [0.3, 0.4) is 0 Å². The largest absolute Gasteiger partial charge is 0.385 e. The first kappa shape index (κ1) is 14.0. The third kappa shape index (κ3) is 2.80. The van der Waals surface area contributed by atoms with Gasteiger partial charge in [-0.1, -0.05) is 25.1 Å². The van der Waals surface area contributed by atoms with Crippen molar-refractivity contribution >= 4 is 10.9 Å². The van der Waals surface area contributed by atoms with Crippen molar-refractivity contribution in [2.75, 3.05) is 20.8 Å². The van der Waals surface area contributed by atoms with Gasteiger partial charge >= 0.3 is 0 Å². The molecular weight excluding hydrogens is 238 g/mol. The van der Waals surface area contributed by atoms with E-state index in [1.165, 1.54) is 10.9 Å². The maximum atomic E-state index is 5.18. The molecule has 0 amide bonds. The van der Waals surface area contributed by atoms with Crippen LogP contribution in [0.15, 0.2) is 24.3 Å². The molecule has 0 aliphatic rings. The standard InChI is InChI=1S/C15H23N3O/c1-11(9-10-19-4)14(16-2)15-12-7-5-6-8-13(12)18(3)17-15/h5-8,11,14,16H,9-10H2,1-4H3. The summed E-state index contributed by atoms with van der Waals surface area (Å²) in [4.78, 5) is 0. The van der Waals surface area contributed by atoms with Crippen molar-refractivity contribution in [3.63, 3.8) is 0 Å². The van der Waals surface area contributed by atoms with Gasteiger partial charge in [-0.2, -0.15) is 5.10 Å². The second-order valence-corrected chi connectivity index (χ2v) is 5.05. The molecule has 2 rings (SSSR count). The maximum Gasteiger partial charge on any atom is 0.0875 e. The fourth-order valence-electron chi connectivity index (χ4n) is 2.63. The molecule has 0 aliphatic heterocycles. The van der Waals surface area contributed by atoms with E-state index in [-0.39, 0.29) is 6.04 Å². The van der Waals surface area contributed by atoms with Gasteiger partial charge in [-0.25, -0.2) is 0 Å². The molecule has 0 radical (unpaired) electrons. The molecule has 1 heterocycles. The molecule has 2 aromatic rings. The zero-order chi connectivity index (χ0) is 13.8. The van der Waals surface area contributed by atoms with Gasteiger partial charge in [0.15, 0.2) is 0 Å². The first-order valence-corrected chi connectivity index (χ1v) is 6.76. The SMILES string of the molecule is CNC(c1nn(C)c2ccccc12)C(C)CCOC. The summed E-state index contributed by atoms with van der Waals surface area (Å²) in [6.45, 7) is 3.02. The van der Waals surface area contributed by atoms with Crippen molar-refractivity contribution in [3.8, 4) is 0 Å². The molecule has 1 aromatic heterocycles.